The topological polar surface area (TPSA) is 69.3 Å². The van der Waals surface area contributed by atoms with Crippen LogP contribution in [-0.2, 0) is 10.0 Å². The highest BCUT2D eigenvalue weighted by molar-refractivity contribution is 7.92. The van der Waals surface area contributed by atoms with Crippen LogP contribution in [0.5, 0.6) is 0 Å². The van der Waals surface area contributed by atoms with Gasteiger partial charge in [0.25, 0.3) is 0 Å². The van der Waals surface area contributed by atoms with E-state index in [0.717, 1.165) is 22.3 Å². The smallest absolute Gasteiger partial charge is 0.232 e. The maximum Gasteiger partial charge on any atom is 0.232 e. The van der Waals surface area contributed by atoms with Crippen molar-refractivity contribution in [1.82, 2.24) is 10.2 Å². The molecule has 3 aromatic rings. The summed E-state index contributed by atoms with van der Waals surface area (Å²) in [5, 5.41) is 8.57. The summed E-state index contributed by atoms with van der Waals surface area (Å²) in [6, 6.07) is 11.2. The number of rotatable bonds is 2. The lowest BCUT2D eigenvalue weighted by molar-refractivity contribution is 0.595. The van der Waals surface area contributed by atoms with E-state index in [-0.39, 0.29) is 0 Å². The number of para-hydroxylation sites is 2. The van der Waals surface area contributed by atoms with Gasteiger partial charge in [0.05, 0.1) is 41.6 Å². The summed E-state index contributed by atoms with van der Waals surface area (Å²) in [6.07, 6.45) is 2.99. The second kappa shape index (κ2) is 5.39. The van der Waals surface area contributed by atoms with E-state index in [1.54, 1.807) is 6.20 Å². The molecule has 0 unspecified atom stereocenters. The van der Waals surface area contributed by atoms with Crippen molar-refractivity contribution >= 4 is 49.6 Å². The van der Waals surface area contributed by atoms with Crippen molar-refractivity contribution in [2.75, 3.05) is 28.6 Å². The Morgan fingerprint density at radius 3 is 2.62 bits per heavy atom. The highest BCUT2D eigenvalue weighted by Gasteiger charge is 2.29. The summed E-state index contributed by atoms with van der Waals surface area (Å²) in [5.41, 5.74) is 3.26. The third kappa shape index (κ3) is 2.40. The average molecular weight is 363 g/mol. The number of aromatic amines is 1. The van der Waals surface area contributed by atoms with Gasteiger partial charge >= 0.3 is 0 Å². The summed E-state index contributed by atoms with van der Waals surface area (Å²) in [4.78, 5) is 2.08. The Hall–Kier alpha value is -2.25. The molecule has 124 valence electrons. The zero-order valence-corrected chi connectivity index (χ0v) is 14.5. The number of halogens is 1. The minimum Gasteiger partial charge on any atom is -0.337 e. The molecule has 0 saturated carbocycles. The lowest BCUT2D eigenvalue weighted by Gasteiger charge is -2.37. The Morgan fingerprint density at radius 1 is 1.12 bits per heavy atom. The molecule has 6 nitrogen and oxygen atoms in total. The molecule has 0 amide bonds. The minimum absolute atomic E-state index is 0.377. The van der Waals surface area contributed by atoms with Gasteiger partial charge in [0.2, 0.25) is 10.0 Å². The maximum atomic E-state index is 12.1. The minimum atomic E-state index is -3.32. The number of hydrogen-bond acceptors (Lipinski definition) is 4. The van der Waals surface area contributed by atoms with Crippen LogP contribution in [0.2, 0.25) is 5.02 Å². The van der Waals surface area contributed by atoms with Crippen LogP contribution in [-0.4, -0.2) is 38.0 Å². The van der Waals surface area contributed by atoms with Gasteiger partial charge in [-0.2, -0.15) is 5.10 Å². The molecule has 0 fully saturated rings. The van der Waals surface area contributed by atoms with Crippen LogP contribution < -0.4 is 9.21 Å². The molecule has 0 atom stereocenters. The largest absolute Gasteiger partial charge is 0.337 e. The molecule has 1 aromatic heterocycles. The monoisotopic (exact) mass is 362 g/mol. The van der Waals surface area contributed by atoms with Gasteiger partial charge in [-0.15, -0.1) is 0 Å². The van der Waals surface area contributed by atoms with Crippen LogP contribution in [0.15, 0.2) is 42.6 Å². The van der Waals surface area contributed by atoms with Crippen molar-refractivity contribution in [3.05, 3.63) is 47.6 Å². The van der Waals surface area contributed by atoms with Gasteiger partial charge in [-0.1, -0.05) is 23.7 Å². The molecule has 8 heteroatoms. The van der Waals surface area contributed by atoms with Crippen LogP contribution in [0.1, 0.15) is 0 Å². The van der Waals surface area contributed by atoms with Gasteiger partial charge in [-0.3, -0.25) is 9.40 Å². The van der Waals surface area contributed by atoms with Crippen LogP contribution in [0.25, 0.3) is 10.9 Å². The lowest BCUT2D eigenvalue weighted by atomic mass is 10.1. The Morgan fingerprint density at radius 2 is 1.88 bits per heavy atom. The Balaban J connectivity index is 1.92. The molecule has 0 spiro atoms. The van der Waals surface area contributed by atoms with Gasteiger partial charge in [-0.25, -0.2) is 8.42 Å². The lowest BCUT2D eigenvalue weighted by Crippen LogP contribution is -2.41. The quantitative estimate of drug-likeness (QED) is 0.760. The molecular weight excluding hydrogens is 348 g/mol. The van der Waals surface area contributed by atoms with Crippen molar-refractivity contribution in [3.8, 4) is 0 Å². The first-order chi connectivity index (χ1) is 11.4. The number of anilines is 3. The van der Waals surface area contributed by atoms with E-state index in [9.17, 15) is 8.42 Å². The third-order valence-electron chi connectivity index (χ3n) is 4.16. The van der Waals surface area contributed by atoms with Gasteiger partial charge < -0.3 is 4.90 Å². The highest BCUT2D eigenvalue weighted by Crippen LogP contribution is 2.41. The van der Waals surface area contributed by atoms with Crippen molar-refractivity contribution in [2.45, 2.75) is 0 Å². The standard InChI is InChI=1S/C16H15ClN4O2S/c1-24(22,23)21-7-6-20(14-4-2-3-5-15(14)21)16-9-11(17)8-13-12(16)10-18-19-13/h2-5,8-10H,6-7H2,1H3,(H,18,19). The number of nitrogens with one attached hydrogen (secondary N) is 1. The van der Waals surface area contributed by atoms with E-state index in [1.807, 2.05) is 36.4 Å². The van der Waals surface area contributed by atoms with Gasteiger partial charge in [0.15, 0.2) is 0 Å². The molecule has 2 aromatic carbocycles. The van der Waals surface area contributed by atoms with E-state index in [1.165, 1.54) is 10.6 Å². The Kier molecular flexibility index (Phi) is 3.43. The summed E-state index contributed by atoms with van der Waals surface area (Å²) < 4.78 is 25.6. The molecule has 1 aliphatic heterocycles. The molecule has 2 heterocycles. The highest BCUT2D eigenvalue weighted by atomic mass is 35.5. The SMILES string of the molecule is CS(=O)(=O)N1CCN(c2cc(Cl)cc3[nH]ncc23)c2ccccc21. The maximum absolute atomic E-state index is 12.1. The summed E-state index contributed by atoms with van der Waals surface area (Å²) in [6.45, 7) is 0.909. The number of aromatic nitrogens is 2. The van der Waals surface area contributed by atoms with E-state index >= 15 is 0 Å². The van der Waals surface area contributed by atoms with Crippen molar-refractivity contribution in [2.24, 2.45) is 0 Å². The van der Waals surface area contributed by atoms with Crippen LogP contribution >= 0.6 is 11.6 Å². The number of sulfonamides is 1. The molecule has 1 aliphatic rings. The Bertz CT molecular complexity index is 1030. The first-order valence-electron chi connectivity index (χ1n) is 7.42. The van der Waals surface area contributed by atoms with Crippen molar-refractivity contribution in [1.29, 1.82) is 0 Å². The Labute approximate surface area is 144 Å². The number of hydrogen-bond donors (Lipinski definition) is 1. The molecule has 0 radical (unpaired) electrons. The second-order valence-electron chi connectivity index (χ2n) is 5.73. The van der Waals surface area contributed by atoms with Crippen LogP contribution in [0, 0.1) is 0 Å². The van der Waals surface area contributed by atoms with Gasteiger partial charge in [0, 0.05) is 17.0 Å². The third-order valence-corrected chi connectivity index (χ3v) is 5.56. The second-order valence-corrected chi connectivity index (χ2v) is 8.07. The van der Waals surface area contributed by atoms with E-state index < -0.39 is 10.0 Å². The summed E-state index contributed by atoms with van der Waals surface area (Å²) >= 11 is 6.25. The van der Waals surface area contributed by atoms with Crippen LogP contribution in [0.4, 0.5) is 17.1 Å². The average Bonchev–Trinajstić information content (AvgIpc) is 3.00. The zero-order chi connectivity index (χ0) is 16.9. The fourth-order valence-electron chi connectivity index (χ4n) is 3.15. The van der Waals surface area contributed by atoms with Gasteiger partial charge in [0.1, 0.15) is 0 Å². The summed E-state index contributed by atoms with van der Waals surface area (Å²) in [7, 11) is -3.32. The predicted molar refractivity (Wildman–Crippen MR) is 96.7 cm³/mol. The molecule has 0 saturated heterocycles. The van der Waals surface area contributed by atoms with E-state index in [0.29, 0.717) is 23.8 Å². The predicted octanol–water partition coefficient (Wildman–Crippen LogP) is 3.13. The molecule has 1 N–H and O–H groups in total. The molecule has 4 rings (SSSR count). The molecule has 0 aliphatic carbocycles. The fraction of sp³-hybridized carbons (Fsp3) is 0.188. The van der Waals surface area contributed by atoms with Crippen molar-refractivity contribution < 1.29 is 8.42 Å². The van der Waals surface area contributed by atoms with E-state index in [2.05, 4.69) is 15.1 Å². The van der Waals surface area contributed by atoms with E-state index in [4.69, 9.17) is 11.6 Å². The number of fused-ring (bicyclic) bond motifs is 2. The molecular formula is C16H15ClN4O2S. The van der Waals surface area contributed by atoms with Crippen LogP contribution in [0.3, 0.4) is 0 Å². The number of nitrogens with zero attached hydrogens (tertiary/aromatic N) is 3. The molecule has 24 heavy (non-hydrogen) atoms. The number of H-pyrrole nitrogens is 1. The molecule has 0 bridgehead atoms. The van der Waals surface area contributed by atoms with Crippen molar-refractivity contribution in [3.63, 3.8) is 0 Å². The number of benzene rings is 2. The summed E-state index contributed by atoms with van der Waals surface area (Å²) in [5.74, 6) is 0. The first-order valence-corrected chi connectivity index (χ1v) is 9.65. The first kappa shape index (κ1) is 15.3. The van der Waals surface area contributed by atoms with Gasteiger partial charge in [-0.05, 0) is 24.3 Å². The fourth-order valence-corrected chi connectivity index (χ4v) is 4.29. The normalized spacial score (nSPS) is 14.9. The zero-order valence-electron chi connectivity index (χ0n) is 12.9.